The average molecular weight is 225 g/mol. The molecule has 0 aliphatic rings. The Morgan fingerprint density at radius 1 is 1.38 bits per heavy atom. The lowest BCUT2D eigenvalue weighted by Gasteiger charge is -2.08. The molecule has 0 atom stereocenters. The molecule has 0 aliphatic carbocycles. The fourth-order valence-corrected chi connectivity index (χ4v) is 1.24. The molecule has 1 heterocycles. The summed E-state index contributed by atoms with van der Waals surface area (Å²) in [6, 6.07) is 4.84. The van der Waals surface area contributed by atoms with Crippen molar-refractivity contribution in [3.05, 3.63) is 34.2 Å². The van der Waals surface area contributed by atoms with Gasteiger partial charge in [0.15, 0.2) is 0 Å². The van der Waals surface area contributed by atoms with Gasteiger partial charge in [0.05, 0.1) is 6.61 Å². The van der Waals surface area contributed by atoms with E-state index in [0.29, 0.717) is 6.61 Å². The second-order valence-electron chi connectivity index (χ2n) is 3.30. The van der Waals surface area contributed by atoms with Crippen molar-refractivity contribution >= 4 is 5.97 Å². The minimum atomic E-state index is -0.437. The molecule has 0 bridgehead atoms. The van der Waals surface area contributed by atoms with Gasteiger partial charge in [0.25, 0.3) is 5.56 Å². The number of carbonyl (C=O) groups excluding carboxylic acids is 1. The molecule has 0 amide bonds. The number of hydrogen-bond donors (Lipinski definition) is 0. The van der Waals surface area contributed by atoms with E-state index < -0.39 is 5.97 Å². The Morgan fingerprint density at radius 3 is 2.75 bits per heavy atom. The second-order valence-corrected chi connectivity index (χ2v) is 3.30. The van der Waals surface area contributed by atoms with Crippen molar-refractivity contribution in [2.45, 2.75) is 13.5 Å². The molecule has 0 N–H and O–H groups in total. The van der Waals surface area contributed by atoms with Crippen molar-refractivity contribution in [2.75, 3.05) is 20.3 Å². The minimum absolute atomic E-state index is 0.0603. The van der Waals surface area contributed by atoms with Crippen LogP contribution in [0.3, 0.4) is 0 Å². The lowest BCUT2D eigenvalue weighted by molar-refractivity contribution is -0.145. The molecule has 0 radical (unpaired) electrons. The fourth-order valence-electron chi connectivity index (χ4n) is 1.24. The van der Waals surface area contributed by atoms with Crippen LogP contribution in [0.1, 0.15) is 5.69 Å². The van der Waals surface area contributed by atoms with E-state index >= 15 is 0 Å². The van der Waals surface area contributed by atoms with E-state index in [9.17, 15) is 9.59 Å². The van der Waals surface area contributed by atoms with Crippen molar-refractivity contribution in [1.29, 1.82) is 0 Å². The van der Waals surface area contributed by atoms with E-state index in [-0.39, 0.29) is 18.7 Å². The van der Waals surface area contributed by atoms with Crippen molar-refractivity contribution in [3.63, 3.8) is 0 Å². The molecule has 0 unspecified atom stereocenters. The van der Waals surface area contributed by atoms with Crippen LogP contribution in [0, 0.1) is 6.92 Å². The molecule has 0 spiro atoms. The van der Waals surface area contributed by atoms with E-state index in [2.05, 4.69) is 0 Å². The number of esters is 1. The molecule has 1 aromatic heterocycles. The zero-order chi connectivity index (χ0) is 12.0. The average Bonchev–Trinajstić information content (AvgIpc) is 2.24. The van der Waals surface area contributed by atoms with Crippen LogP contribution in [0.5, 0.6) is 0 Å². The molecule has 5 nitrogen and oxygen atoms in total. The van der Waals surface area contributed by atoms with E-state index in [1.54, 1.807) is 19.1 Å². The molecule has 0 saturated carbocycles. The van der Waals surface area contributed by atoms with E-state index in [4.69, 9.17) is 9.47 Å². The summed E-state index contributed by atoms with van der Waals surface area (Å²) in [7, 11) is 1.53. The monoisotopic (exact) mass is 225 g/mol. The third-order valence-electron chi connectivity index (χ3n) is 2.11. The third kappa shape index (κ3) is 3.51. The fraction of sp³-hybridized carbons (Fsp3) is 0.455. The van der Waals surface area contributed by atoms with E-state index in [1.807, 2.05) is 0 Å². The Kier molecular flexibility index (Phi) is 4.72. The zero-order valence-electron chi connectivity index (χ0n) is 9.43. The largest absolute Gasteiger partial charge is 0.462 e. The first-order chi connectivity index (χ1) is 7.65. The smallest absolute Gasteiger partial charge is 0.326 e. The summed E-state index contributed by atoms with van der Waals surface area (Å²) in [5.41, 5.74) is 0.528. The molecule has 88 valence electrons. The zero-order valence-corrected chi connectivity index (χ0v) is 9.43. The van der Waals surface area contributed by atoms with E-state index in [1.165, 1.54) is 17.7 Å². The summed E-state index contributed by atoms with van der Waals surface area (Å²) in [6.07, 6.45) is 0. The Hall–Kier alpha value is -1.62. The van der Waals surface area contributed by atoms with Crippen LogP contribution >= 0.6 is 0 Å². The molecule has 0 saturated heterocycles. The Morgan fingerprint density at radius 2 is 2.12 bits per heavy atom. The number of ether oxygens (including phenoxy) is 2. The van der Waals surface area contributed by atoms with Crippen LogP contribution in [0.25, 0.3) is 0 Å². The van der Waals surface area contributed by atoms with Crippen LogP contribution < -0.4 is 5.56 Å². The van der Waals surface area contributed by atoms with Crippen molar-refractivity contribution in [1.82, 2.24) is 4.57 Å². The molecule has 1 aromatic rings. The van der Waals surface area contributed by atoms with Gasteiger partial charge in [0.1, 0.15) is 13.2 Å². The van der Waals surface area contributed by atoms with E-state index in [0.717, 1.165) is 5.69 Å². The highest BCUT2D eigenvalue weighted by molar-refractivity contribution is 5.69. The molecule has 16 heavy (non-hydrogen) atoms. The molecular formula is C11H15NO4. The maximum Gasteiger partial charge on any atom is 0.326 e. The van der Waals surface area contributed by atoms with Gasteiger partial charge in [-0.25, -0.2) is 0 Å². The van der Waals surface area contributed by atoms with Gasteiger partial charge in [-0.3, -0.25) is 9.59 Å². The quantitative estimate of drug-likeness (QED) is 0.536. The first kappa shape index (κ1) is 12.4. The minimum Gasteiger partial charge on any atom is -0.462 e. The Balaban J connectivity index is 2.59. The number of aromatic nitrogens is 1. The van der Waals surface area contributed by atoms with Gasteiger partial charge in [-0.05, 0) is 13.0 Å². The van der Waals surface area contributed by atoms with Crippen LogP contribution in [-0.2, 0) is 20.8 Å². The predicted octanol–water partition coefficient (Wildman–Crippen LogP) is 0.346. The van der Waals surface area contributed by atoms with Crippen LogP contribution in [0.4, 0.5) is 0 Å². The van der Waals surface area contributed by atoms with Gasteiger partial charge < -0.3 is 14.0 Å². The number of methoxy groups -OCH3 is 1. The van der Waals surface area contributed by atoms with Gasteiger partial charge in [-0.15, -0.1) is 0 Å². The predicted molar refractivity (Wildman–Crippen MR) is 58.3 cm³/mol. The highest BCUT2D eigenvalue weighted by atomic mass is 16.6. The van der Waals surface area contributed by atoms with Gasteiger partial charge >= 0.3 is 5.97 Å². The van der Waals surface area contributed by atoms with Crippen molar-refractivity contribution in [3.8, 4) is 0 Å². The highest BCUT2D eigenvalue weighted by Gasteiger charge is 2.07. The summed E-state index contributed by atoms with van der Waals surface area (Å²) >= 11 is 0. The molecule has 0 aromatic carbocycles. The maximum atomic E-state index is 11.4. The normalized spacial score (nSPS) is 10.1. The molecular weight excluding hydrogens is 210 g/mol. The topological polar surface area (TPSA) is 57.5 Å². The number of aryl methyl sites for hydroxylation is 1. The van der Waals surface area contributed by atoms with Gasteiger partial charge in [0, 0.05) is 18.9 Å². The summed E-state index contributed by atoms with van der Waals surface area (Å²) in [5.74, 6) is -0.437. The first-order valence-electron chi connectivity index (χ1n) is 4.96. The van der Waals surface area contributed by atoms with Gasteiger partial charge in [-0.2, -0.15) is 0 Å². The van der Waals surface area contributed by atoms with Crippen molar-refractivity contribution in [2.24, 2.45) is 0 Å². The van der Waals surface area contributed by atoms with Crippen LogP contribution in [0.15, 0.2) is 23.0 Å². The molecule has 1 rings (SSSR count). The summed E-state index contributed by atoms with van der Waals surface area (Å²) in [4.78, 5) is 22.8. The molecule has 5 heteroatoms. The summed E-state index contributed by atoms with van der Waals surface area (Å²) < 4.78 is 11.0. The number of rotatable bonds is 5. The standard InChI is InChI=1S/C11H15NO4/c1-9-4-3-5-10(13)12(9)8-11(14)16-7-6-15-2/h3-5H,6-8H2,1-2H3. The Bertz CT molecular complexity index is 411. The second kappa shape index (κ2) is 6.07. The Labute approximate surface area is 93.6 Å². The van der Waals surface area contributed by atoms with Crippen LogP contribution in [0.2, 0.25) is 0 Å². The number of carbonyl (C=O) groups is 1. The summed E-state index contributed by atoms with van der Waals surface area (Å²) in [5, 5.41) is 0. The molecule has 0 fully saturated rings. The van der Waals surface area contributed by atoms with Gasteiger partial charge in [-0.1, -0.05) is 6.07 Å². The van der Waals surface area contributed by atoms with Gasteiger partial charge in [0.2, 0.25) is 0 Å². The lowest BCUT2D eigenvalue weighted by Crippen LogP contribution is -2.26. The number of nitrogens with zero attached hydrogens (tertiary/aromatic N) is 1. The molecule has 0 aliphatic heterocycles. The lowest BCUT2D eigenvalue weighted by atomic mass is 10.3. The maximum absolute atomic E-state index is 11.4. The van der Waals surface area contributed by atoms with Crippen molar-refractivity contribution < 1.29 is 14.3 Å². The first-order valence-corrected chi connectivity index (χ1v) is 4.96. The number of hydrogen-bond acceptors (Lipinski definition) is 4. The number of pyridine rings is 1. The summed E-state index contributed by atoms with van der Waals surface area (Å²) in [6.45, 7) is 2.27. The highest BCUT2D eigenvalue weighted by Crippen LogP contribution is 1.94. The third-order valence-corrected chi connectivity index (χ3v) is 2.11. The SMILES string of the molecule is COCCOC(=O)Cn1c(C)cccc1=O. The van der Waals surface area contributed by atoms with Crippen LogP contribution in [-0.4, -0.2) is 30.9 Å².